The van der Waals surface area contributed by atoms with Crippen LogP contribution in [0.1, 0.15) is 18.5 Å². The van der Waals surface area contributed by atoms with Crippen molar-refractivity contribution in [2.75, 3.05) is 14.2 Å². The first-order valence-corrected chi connectivity index (χ1v) is 12.4. The van der Waals surface area contributed by atoms with Gasteiger partial charge in [-0.25, -0.2) is 35.2 Å². The lowest BCUT2D eigenvalue weighted by Gasteiger charge is -2.13. The Balaban J connectivity index is 0.000000455. The maximum atomic E-state index is 14.6. The highest BCUT2D eigenvalue weighted by Crippen LogP contribution is 2.41. The molecule has 0 bridgehead atoms. The SMILES string of the molecule is CNC(C)c1cn(S(=O)(=O)c2cccc(F)c2)c(-c2ccc(F)cc2F)c1OC.O=C(O)C(O)C(O)C(=O)O. The van der Waals surface area contributed by atoms with Crippen molar-refractivity contribution in [3.05, 3.63) is 71.7 Å². The standard InChI is InChI=1S/C20H19F3N2O3S.C4H6O6/c1-12(24-2)17-11-25(29(26,27)15-6-4-5-13(21)9-15)19(20(17)28-3)16-8-7-14(22)10-18(16)23;5-1(3(7)8)2(6)4(9)10/h4-12,24H,1-3H3;1-2,5-6H,(H,7,8)(H,9,10). The Labute approximate surface area is 220 Å². The number of carboxylic acids is 2. The molecule has 0 aliphatic rings. The topological polar surface area (TPSA) is 175 Å². The molecule has 1 heterocycles. The fourth-order valence-electron chi connectivity index (χ4n) is 3.29. The predicted octanol–water partition coefficient (Wildman–Crippen LogP) is 1.98. The first-order chi connectivity index (χ1) is 18.2. The molecule has 0 radical (unpaired) electrons. The normalized spacial score (nSPS) is 13.5. The zero-order valence-electron chi connectivity index (χ0n) is 20.7. The van der Waals surface area contributed by atoms with E-state index in [4.69, 9.17) is 25.2 Å². The Kier molecular flexibility index (Phi) is 10.2. The van der Waals surface area contributed by atoms with Crippen molar-refractivity contribution in [3.63, 3.8) is 0 Å². The van der Waals surface area contributed by atoms with Crippen LogP contribution in [0, 0.1) is 17.5 Å². The molecule has 1 aromatic heterocycles. The van der Waals surface area contributed by atoms with Crippen molar-refractivity contribution in [3.8, 4) is 17.0 Å². The van der Waals surface area contributed by atoms with E-state index < -0.39 is 51.6 Å². The average molecular weight is 575 g/mol. The van der Waals surface area contributed by atoms with Gasteiger partial charge in [0.15, 0.2) is 18.0 Å². The second-order valence-electron chi connectivity index (χ2n) is 7.93. The van der Waals surface area contributed by atoms with Crippen LogP contribution in [0.2, 0.25) is 0 Å². The lowest BCUT2D eigenvalue weighted by atomic mass is 10.1. The van der Waals surface area contributed by atoms with Crippen LogP contribution in [0.4, 0.5) is 13.2 Å². The van der Waals surface area contributed by atoms with Gasteiger partial charge in [-0.3, -0.25) is 0 Å². The molecule has 0 aliphatic carbocycles. The van der Waals surface area contributed by atoms with Crippen LogP contribution in [0.25, 0.3) is 11.3 Å². The van der Waals surface area contributed by atoms with Crippen LogP contribution in [0.15, 0.2) is 53.6 Å². The number of carboxylic acid groups (broad SMARTS) is 2. The van der Waals surface area contributed by atoms with E-state index in [-0.39, 0.29) is 27.9 Å². The molecule has 0 saturated heterocycles. The highest BCUT2D eigenvalue weighted by Gasteiger charge is 2.31. The van der Waals surface area contributed by atoms with Crippen molar-refractivity contribution >= 4 is 22.0 Å². The molecule has 11 nitrogen and oxygen atoms in total. The van der Waals surface area contributed by atoms with Gasteiger partial charge in [-0.1, -0.05) is 6.07 Å². The number of aliphatic hydroxyl groups excluding tert-OH is 2. The number of halogens is 3. The lowest BCUT2D eigenvalue weighted by molar-refractivity contribution is -0.165. The summed E-state index contributed by atoms with van der Waals surface area (Å²) in [6.45, 7) is 1.77. The summed E-state index contributed by atoms with van der Waals surface area (Å²) in [6.07, 6.45) is -3.24. The van der Waals surface area contributed by atoms with Gasteiger partial charge in [0.05, 0.1) is 12.0 Å². The molecule has 2 aromatic carbocycles. The van der Waals surface area contributed by atoms with E-state index in [2.05, 4.69) is 5.32 Å². The molecular weight excluding hydrogens is 549 g/mol. The molecule has 3 atom stereocenters. The molecule has 5 N–H and O–H groups in total. The van der Waals surface area contributed by atoms with Crippen LogP contribution in [-0.2, 0) is 19.6 Å². The van der Waals surface area contributed by atoms with Crippen molar-refractivity contribution < 1.29 is 56.3 Å². The summed E-state index contributed by atoms with van der Waals surface area (Å²) in [5.41, 5.74) is 0.151. The number of hydrogen-bond acceptors (Lipinski definition) is 8. The summed E-state index contributed by atoms with van der Waals surface area (Å²) in [6, 6.07) is 6.94. The Hall–Kier alpha value is -3.92. The van der Waals surface area contributed by atoms with Gasteiger partial charge in [0.25, 0.3) is 10.0 Å². The summed E-state index contributed by atoms with van der Waals surface area (Å²) < 4.78 is 74.5. The highest BCUT2D eigenvalue weighted by atomic mass is 32.2. The number of aliphatic carboxylic acids is 2. The number of benzene rings is 2. The first-order valence-electron chi connectivity index (χ1n) is 10.9. The summed E-state index contributed by atoms with van der Waals surface area (Å²) in [7, 11) is -1.32. The van der Waals surface area contributed by atoms with E-state index in [1.807, 2.05) is 0 Å². The van der Waals surface area contributed by atoms with Gasteiger partial charge < -0.3 is 30.5 Å². The van der Waals surface area contributed by atoms with Crippen molar-refractivity contribution in [2.24, 2.45) is 0 Å². The number of rotatable bonds is 9. The maximum Gasteiger partial charge on any atom is 0.335 e. The Morgan fingerprint density at radius 3 is 2.00 bits per heavy atom. The largest absolute Gasteiger partial charge is 0.494 e. The number of hydrogen-bond donors (Lipinski definition) is 5. The minimum atomic E-state index is -4.31. The van der Waals surface area contributed by atoms with Crippen molar-refractivity contribution in [1.82, 2.24) is 9.29 Å². The van der Waals surface area contributed by atoms with E-state index in [1.165, 1.54) is 25.4 Å². The maximum absolute atomic E-state index is 14.6. The fraction of sp³-hybridized carbons (Fsp3) is 0.250. The van der Waals surface area contributed by atoms with E-state index in [0.29, 0.717) is 11.6 Å². The van der Waals surface area contributed by atoms with Gasteiger partial charge >= 0.3 is 11.9 Å². The third kappa shape index (κ3) is 6.94. The highest BCUT2D eigenvalue weighted by molar-refractivity contribution is 7.90. The molecule has 39 heavy (non-hydrogen) atoms. The third-order valence-electron chi connectivity index (χ3n) is 5.40. The van der Waals surface area contributed by atoms with Crippen LogP contribution in [0.3, 0.4) is 0 Å². The molecule has 0 spiro atoms. The van der Waals surface area contributed by atoms with Crippen LogP contribution < -0.4 is 10.1 Å². The molecule has 0 saturated carbocycles. The lowest BCUT2D eigenvalue weighted by Crippen LogP contribution is -2.39. The molecule has 3 rings (SSSR count). The number of aromatic nitrogens is 1. The van der Waals surface area contributed by atoms with E-state index >= 15 is 0 Å². The molecule has 15 heteroatoms. The van der Waals surface area contributed by atoms with E-state index in [9.17, 15) is 31.2 Å². The number of aliphatic hydroxyl groups is 2. The number of ether oxygens (including phenoxy) is 1. The first kappa shape index (κ1) is 31.3. The van der Waals surface area contributed by atoms with Gasteiger partial charge in [0.2, 0.25) is 0 Å². The molecule has 0 amide bonds. The van der Waals surface area contributed by atoms with Gasteiger partial charge in [-0.2, -0.15) is 0 Å². The average Bonchev–Trinajstić information content (AvgIpc) is 3.27. The summed E-state index contributed by atoms with van der Waals surface area (Å²) in [5, 5.41) is 35.5. The minimum absolute atomic E-state index is 0.109. The molecule has 3 unspecified atom stereocenters. The number of carbonyl (C=O) groups is 2. The number of nitrogens with zero attached hydrogens (tertiary/aromatic N) is 1. The summed E-state index contributed by atoms with van der Waals surface area (Å²) >= 11 is 0. The number of nitrogens with one attached hydrogen (secondary N) is 1. The third-order valence-corrected chi connectivity index (χ3v) is 7.06. The minimum Gasteiger partial charge on any atom is -0.494 e. The van der Waals surface area contributed by atoms with Crippen molar-refractivity contribution in [1.29, 1.82) is 0 Å². The van der Waals surface area contributed by atoms with E-state index in [0.717, 1.165) is 28.2 Å². The molecular formula is C24H25F3N2O9S. The monoisotopic (exact) mass is 574 g/mol. The fourth-order valence-corrected chi connectivity index (χ4v) is 4.70. The Morgan fingerprint density at radius 1 is 0.974 bits per heavy atom. The van der Waals surface area contributed by atoms with Crippen LogP contribution in [-0.4, -0.2) is 71.1 Å². The van der Waals surface area contributed by atoms with E-state index in [1.54, 1.807) is 14.0 Å². The Bertz CT molecular complexity index is 1440. The van der Waals surface area contributed by atoms with Crippen LogP contribution >= 0.6 is 0 Å². The predicted molar refractivity (Wildman–Crippen MR) is 130 cm³/mol. The van der Waals surface area contributed by atoms with Gasteiger partial charge in [-0.05, 0) is 44.3 Å². The van der Waals surface area contributed by atoms with Gasteiger partial charge in [-0.15, -0.1) is 0 Å². The molecule has 3 aromatic rings. The van der Waals surface area contributed by atoms with Gasteiger partial charge in [0, 0.05) is 29.4 Å². The zero-order valence-corrected chi connectivity index (χ0v) is 21.5. The molecule has 0 aliphatic heterocycles. The van der Waals surface area contributed by atoms with Gasteiger partial charge in [0.1, 0.15) is 23.1 Å². The quantitative estimate of drug-likeness (QED) is 0.254. The molecule has 0 fully saturated rings. The second kappa shape index (κ2) is 12.8. The number of methoxy groups -OCH3 is 1. The van der Waals surface area contributed by atoms with Crippen molar-refractivity contribution in [2.45, 2.75) is 30.1 Å². The Morgan fingerprint density at radius 2 is 1.54 bits per heavy atom. The summed E-state index contributed by atoms with van der Waals surface area (Å²) in [4.78, 5) is 19.2. The zero-order chi connectivity index (χ0) is 29.7. The summed E-state index contributed by atoms with van der Waals surface area (Å²) in [5.74, 6) is -5.92. The molecule has 212 valence electrons. The smallest absolute Gasteiger partial charge is 0.335 e. The second-order valence-corrected chi connectivity index (χ2v) is 9.74. The van der Waals surface area contributed by atoms with Crippen LogP contribution in [0.5, 0.6) is 5.75 Å².